The van der Waals surface area contributed by atoms with Crippen molar-refractivity contribution >= 4 is 11.9 Å². The monoisotopic (exact) mass is 295 g/mol. The maximum absolute atomic E-state index is 12.9. The Balaban J connectivity index is 1.72. The molecule has 1 amide bonds. The highest BCUT2D eigenvalue weighted by Gasteiger charge is 2.57. The van der Waals surface area contributed by atoms with E-state index in [1.54, 1.807) is 0 Å². The zero-order chi connectivity index (χ0) is 15.0. The highest BCUT2D eigenvalue weighted by atomic mass is 16.5. The van der Waals surface area contributed by atoms with Gasteiger partial charge in [0.15, 0.2) is 0 Å². The van der Waals surface area contributed by atoms with E-state index in [-0.39, 0.29) is 24.5 Å². The molecule has 3 rings (SSSR count). The predicted octanol–water partition coefficient (Wildman–Crippen LogP) is 1.76. The van der Waals surface area contributed by atoms with Crippen LogP contribution in [-0.2, 0) is 14.3 Å². The smallest absolute Gasteiger partial charge is 0.311 e. The second kappa shape index (κ2) is 5.95. The first kappa shape index (κ1) is 14.8. The first-order valence-corrected chi connectivity index (χ1v) is 8.26. The van der Waals surface area contributed by atoms with Gasteiger partial charge in [0.2, 0.25) is 5.91 Å². The van der Waals surface area contributed by atoms with Crippen LogP contribution in [0.15, 0.2) is 0 Å². The van der Waals surface area contributed by atoms with Crippen molar-refractivity contribution in [3.05, 3.63) is 0 Å². The quantitative estimate of drug-likeness (QED) is 0.839. The molecule has 1 heterocycles. The van der Waals surface area contributed by atoms with Crippen LogP contribution in [0.1, 0.15) is 39.0 Å². The van der Waals surface area contributed by atoms with E-state index in [4.69, 9.17) is 4.74 Å². The van der Waals surface area contributed by atoms with E-state index in [1.165, 1.54) is 25.7 Å². The van der Waals surface area contributed by atoms with Crippen LogP contribution in [0, 0.1) is 23.7 Å². The average Bonchev–Trinajstić information content (AvgIpc) is 2.99. The van der Waals surface area contributed by atoms with Crippen molar-refractivity contribution in [1.29, 1.82) is 0 Å². The highest BCUT2D eigenvalue weighted by molar-refractivity contribution is 5.83. The molecule has 2 aliphatic carbocycles. The van der Waals surface area contributed by atoms with Crippen LogP contribution in [0.3, 0.4) is 0 Å². The van der Waals surface area contributed by atoms with Crippen LogP contribution in [-0.4, -0.2) is 47.7 Å². The number of hydrogen-bond donors (Lipinski definition) is 1. The molecule has 1 saturated heterocycles. The third-order valence-corrected chi connectivity index (χ3v) is 5.46. The number of carbonyl (C=O) groups excluding carboxylic acids is 1. The Bertz CT molecular complexity index is 413. The number of nitrogens with zero attached hydrogens (tertiary/aromatic N) is 1. The van der Waals surface area contributed by atoms with Crippen LogP contribution < -0.4 is 0 Å². The van der Waals surface area contributed by atoms with Gasteiger partial charge in [0.05, 0.1) is 19.3 Å². The van der Waals surface area contributed by atoms with E-state index in [0.717, 1.165) is 6.42 Å². The normalized spacial score (nSPS) is 37.9. The molecule has 5 nitrogen and oxygen atoms in total. The molecule has 3 fully saturated rings. The number of rotatable bonds is 5. The van der Waals surface area contributed by atoms with Gasteiger partial charge < -0.3 is 14.7 Å². The fraction of sp³-hybridized carbons (Fsp3) is 0.875. The number of amides is 1. The molecule has 0 bridgehead atoms. The van der Waals surface area contributed by atoms with Gasteiger partial charge in [-0.25, -0.2) is 0 Å². The maximum Gasteiger partial charge on any atom is 0.311 e. The van der Waals surface area contributed by atoms with Crippen molar-refractivity contribution in [2.75, 3.05) is 19.8 Å². The molecule has 2 saturated carbocycles. The number of carboxylic acid groups (broad SMARTS) is 1. The Morgan fingerprint density at radius 3 is 2.43 bits per heavy atom. The minimum Gasteiger partial charge on any atom is -0.481 e. The van der Waals surface area contributed by atoms with Crippen molar-refractivity contribution in [3.8, 4) is 0 Å². The Morgan fingerprint density at radius 2 is 1.86 bits per heavy atom. The van der Waals surface area contributed by atoms with Gasteiger partial charge in [-0.3, -0.25) is 9.59 Å². The number of carbonyl (C=O) groups is 2. The molecular weight excluding hydrogens is 270 g/mol. The maximum atomic E-state index is 12.9. The van der Waals surface area contributed by atoms with Gasteiger partial charge in [-0.2, -0.15) is 0 Å². The highest BCUT2D eigenvalue weighted by Crippen LogP contribution is 2.56. The van der Waals surface area contributed by atoms with E-state index in [2.05, 4.69) is 0 Å². The zero-order valence-corrected chi connectivity index (χ0v) is 12.7. The summed E-state index contributed by atoms with van der Waals surface area (Å²) in [6.07, 6.45) is 5.68. The fourth-order valence-corrected chi connectivity index (χ4v) is 4.32. The van der Waals surface area contributed by atoms with E-state index < -0.39 is 11.9 Å². The molecular formula is C16H25NO4. The lowest BCUT2D eigenvalue weighted by molar-refractivity contribution is -0.145. The number of fused-ring (bicyclic) bond motifs is 1. The van der Waals surface area contributed by atoms with E-state index in [0.29, 0.717) is 25.0 Å². The molecule has 0 aromatic rings. The Labute approximate surface area is 125 Å². The second-order valence-electron chi connectivity index (χ2n) is 6.72. The summed E-state index contributed by atoms with van der Waals surface area (Å²) >= 11 is 0. The molecule has 1 aliphatic heterocycles. The number of carboxylic acids is 1. The molecule has 118 valence electrons. The lowest BCUT2D eigenvalue weighted by Gasteiger charge is -2.30. The standard InChI is InChI=1S/C16H25NO4/c1-2-7-17(13-9-21-8-12(13)16(19)20)15(18)14-10-5-3-4-6-11(10)14/h10-14H,2-9H2,1H3,(H,19,20). The SMILES string of the molecule is CCCN(C(=O)C1C2CCCCC21)C1COCC1C(=O)O. The topological polar surface area (TPSA) is 66.8 Å². The molecule has 0 radical (unpaired) electrons. The van der Waals surface area contributed by atoms with Gasteiger partial charge in [-0.1, -0.05) is 19.8 Å². The first-order valence-electron chi connectivity index (χ1n) is 8.26. The first-order chi connectivity index (χ1) is 10.1. The van der Waals surface area contributed by atoms with Gasteiger partial charge in [-0.15, -0.1) is 0 Å². The molecule has 4 unspecified atom stereocenters. The summed E-state index contributed by atoms with van der Waals surface area (Å²) < 4.78 is 5.35. The Kier molecular flexibility index (Phi) is 4.20. The average molecular weight is 295 g/mol. The zero-order valence-electron chi connectivity index (χ0n) is 12.7. The second-order valence-corrected chi connectivity index (χ2v) is 6.72. The van der Waals surface area contributed by atoms with Crippen molar-refractivity contribution in [1.82, 2.24) is 4.90 Å². The number of ether oxygens (including phenoxy) is 1. The van der Waals surface area contributed by atoms with Crippen LogP contribution in [0.4, 0.5) is 0 Å². The fourth-order valence-electron chi connectivity index (χ4n) is 4.32. The van der Waals surface area contributed by atoms with Crippen molar-refractivity contribution in [2.24, 2.45) is 23.7 Å². The molecule has 5 heteroatoms. The Morgan fingerprint density at radius 1 is 1.19 bits per heavy atom. The van der Waals surface area contributed by atoms with Gasteiger partial charge in [0.25, 0.3) is 0 Å². The summed E-state index contributed by atoms with van der Waals surface area (Å²) in [7, 11) is 0. The van der Waals surface area contributed by atoms with Gasteiger partial charge in [-0.05, 0) is 31.1 Å². The van der Waals surface area contributed by atoms with Crippen molar-refractivity contribution < 1.29 is 19.4 Å². The van der Waals surface area contributed by atoms with Crippen molar-refractivity contribution in [2.45, 2.75) is 45.1 Å². The van der Waals surface area contributed by atoms with Crippen LogP contribution in [0.5, 0.6) is 0 Å². The summed E-state index contributed by atoms with van der Waals surface area (Å²) in [6, 6.07) is -0.280. The summed E-state index contributed by atoms with van der Waals surface area (Å²) in [5.74, 6) is 0.0675. The molecule has 0 aromatic heterocycles. The molecule has 1 N–H and O–H groups in total. The van der Waals surface area contributed by atoms with Crippen LogP contribution in [0.2, 0.25) is 0 Å². The Hall–Kier alpha value is -1.10. The lowest BCUT2D eigenvalue weighted by atomic mass is 10.0. The minimum atomic E-state index is -0.848. The van der Waals surface area contributed by atoms with Gasteiger partial charge in [0, 0.05) is 12.5 Å². The van der Waals surface area contributed by atoms with E-state index in [9.17, 15) is 14.7 Å². The lowest BCUT2D eigenvalue weighted by Crippen LogP contribution is -2.47. The van der Waals surface area contributed by atoms with E-state index in [1.807, 2.05) is 11.8 Å². The summed E-state index contributed by atoms with van der Waals surface area (Å²) in [4.78, 5) is 26.1. The van der Waals surface area contributed by atoms with Gasteiger partial charge in [0.1, 0.15) is 5.92 Å². The number of hydrogen-bond acceptors (Lipinski definition) is 3. The van der Waals surface area contributed by atoms with Crippen molar-refractivity contribution in [3.63, 3.8) is 0 Å². The minimum absolute atomic E-state index is 0.161. The number of aliphatic carboxylic acids is 1. The molecule has 0 aromatic carbocycles. The van der Waals surface area contributed by atoms with Gasteiger partial charge >= 0.3 is 5.97 Å². The summed E-state index contributed by atoms with van der Waals surface area (Å²) in [5, 5.41) is 9.33. The molecule has 3 aliphatic rings. The largest absolute Gasteiger partial charge is 0.481 e. The third-order valence-electron chi connectivity index (χ3n) is 5.46. The third kappa shape index (κ3) is 2.68. The summed E-state index contributed by atoms with van der Waals surface area (Å²) in [6.45, 7) is 3.27. The van der Waals surface area contributed by atoms with Crippen LogP contribution in [0.25, 0.3) is 0 Å². The molecule has 4 atom stereocenters. The predicted molar refractivity (Wildman–Crippen MR) is 76.7 cm³/mol. The van der Waals surface area contributed by atoms with E-state index >= 15 is 0 Å². The molecule has 21 heavy (non-hydrogen) atoms. The van der Waals surface area contributed by atoms with Crippen LogP contribution >= 0.6 is 0 Å². The summed E-state index contributed by atoms with van der Waals surface area (Å²) in [5.41, 5.74) is 0. The molecule has 0 spiro atoms.